The summed E-state index contributed by atoms with van der Waals surface area (Å²) in [6, 6.07) is 48.9. The van der Waals surface area contributed by atoms with Crippen LogP contribution in [0.3, 0.4) is 0 Å². The van der Waals surface area contributed by atoms with Gasteiger partial charge in [-0.25, -0.2) is 9.97 Å². The van der Waals surface area contributed by atoms with Gasteiger partial charge in [0.05, 0.1) is 17.1 Å². The first-order valence-electron chi connectivity index (χ1n) is 17.7. The summed E-state index contributed by atoms with van der Waals surface area (Å²) >= 11 is 0. The van der Waals surface area contributed by atoms with Gasteiger partial charge >= 0.3 is 0 Å². The minimum absolute atomic E-state index is 0. The number of phenolic OH excluding ortho intramolecular Hbond substituents is 1. The predicted molar refractivity (Wildman–Crippen MR) is 210 cm³/mol. The van der Waals surface area contributed by atoms with Crippen LogP contribution < -0.4 is 0 Å². The number of benzene rings is 5. The van der Waals surface area contributed by atoms with Gasteiger partial charge in [0.15, 0.2) is 0 Å². The van der Waals surface area contributed by atoms with Crippen molar-refractivity contribution in [2.24, 2.45) is 0 Å². The van der Waals surface area contributed by atoms with Gasteiger partial charge < -0.3 is 14.7 Å². The number of imidazole rings is 1. The number of hydrogen-bond donors (Lipinski definition) is 1. The maximum atomic E-state index is 11.3. The summed E-state index contributed by atoms with van der Waals surface area (Å²) in [6.45, 7) is 9.04. The molecule has 0 unspecified atom stereocenters. The quantitative estimate of drug-likeness (QED) is 0.175. The summed E-state index contributed by atoms with van der Waals surface area (Å²) in [4.78, 5) is 15.4. The molecule has 9 rings (SSSR count). The normalized spacial score (nSPS) is 13.9. The van der Waals surface area contributed by atoms with Gasteiger partial charge in [-0.1, -0.05) is 136 Å². The number of aromatic hydroxyl groups is 1. The molecule has 0 aliphatic heterocycles. The van der Waals surface area contributed by atoms with E-state index in [1.165, 1.54) is 0 Å². The molecule has 1 aliphatic rings. The number of para-hydroxylation sites is 1. The van der Waals surface area contributed by atoms with Crippen molar-refractivity contribution < 1.29 is 26.2 Å². The van der Waals surface area contributed by atoms with Gasteiger partial charge in [-0.3, -0.25) is 0 Å². The molecule has 1 aliphatic carbocycles. The second-order valence-corrected chi connectivity index (χ2v) is 14.6. The van der Waals surface area contributed by atoms with Gasteiger partial charge in [0, 0.05) is 55.6 Å². The van der Waals surface area contributed by atoms with E-state index in [4.69, 9.17) is 9.97 Å². The number of fused-ring (bicyclic) bond motifs is 4. The van der Waals surface area contributed by atoms with E-state index in [2.05, 4.69) is 134 Å². The summed E-state index contributed by atoms with van der Waals surface area (Å²) in [7, 11) is 0. The van der Waals surface area contributed by atoms with Crippen LogP contribution in [-0.4, -0.2) is 24.6 Å². The number of hydrogen-bond acceptors (Lipinski definition) is 4. The minimum Gasteiger partial charge on any atom is -0.507 e. The first kappa shape index (κ1) is 34.4. The van der Waals surface area contributed by atoms with Crippen LogP contribution in [0.2, 0.25) is 0 Å². The zero-order chi connectivity index (χ0) is 35.6. The number of nitrogens with zero attached hydrogens (tertiary/aromatic N) is 4. The third-order valence-electron chi connectivity index (χ3n) is 11.3. The van der Waals surface area contributed by atoms with Gasteiger partial charge in [-0.05, 0) is 45.3 Å². The van der Waals surface area contributed by atoms with E-state index in [9.17, 15) is 5.11 Å². The second kappa shape index (κ2) is 13.1. The standard InChI is InChI=1S/C47H37N4O.Pt/c1-46(2)36-22-14-24-41(52)42(36)43-37(47(46,3)4)25-26-39(49-43)40-29-51(45(50-40)35-27-28-48-38-23-12-11-19-34(35)38)44-32(30-15-7-5-8-16-30)20-13-21-33(44)31-17-9-6-10-18-31;/h5-18,20-29,52H,1-4H3;/q-1;. The molecule has 6 heteroatoms. The zero-order valence-corrected chi connectivity index (χ0v) is 32.2. The molecule has 0 bridgehead atoms. The van der Waals surface area contributed by atoms with Crippen LogP contribution in [0.25, 0.3) is 72.9 Å². The van der Waals surface area contributed by atoms with Crippen molar-refractivity contribution in [3.05, 3.63) is 163 Å². The van der Waals surface area contributed by atoms with Gasteiger partial charge in [0.25, 0.3) is 0 Å². The Balaban J connectivity index is 0.00000400. The van der Waals surface area contributed by atoms with Gasteiger partial charge in [-0.2, -0.15) is 0 Å². The smallest absolute Gasteiger partial charge is 0.125 e. The molecule has 262 valence electrons. The molecule has 0 fully saturated rings. The number of pyridine rings is 2. The first-order chi connectivity index (χ1) is 25.2. The summed E-state index contributed by atoms with van der Waals surface area (Å²) in [5, 5.41) is 12.2. The SMILES string of the molecule is CC1(C)c2ccc(-c3cn(-c4c(-c5ccccc5)cccc4-c4ccccc4)c(-c4ccnc5ccc[c-]c45)n3)nc2-c2c(O)cccc2C1(C)C.[Pt]. The molecule has 3 heterocycles. The van der Waals surface area contributed by atoms with Crippen LogP contribution in [0.15, 0.2) is 146 Å². The van der Waals surface area contributed by atoms with Crippen molar-refractivity contribution in [2.75, 3.05) is 0 Å². The summed E-state index contributed by atoms with van der Waals surface area (Å²) < 4.78 is 2.22. The summed E-state index contributed by atoms with van der Waals surface area (Å²) in [5.41, 5.74) is 11.9. The van der Waals surface area contributed by atoms with E-state index in [1.807, 2.05) is 48.7 Å². The maximum absolute atomic E-state index is 11.3. The zero-order valence-electron chi connectivity index (χ0n) is 29.9. The van der Waals surface area contributed by atoms with E-state index in [-0.39, 0.29) is 37.6 Å². The average molecular weight is 869 g/mol. The third kappa shape index (κ3) is 5.45. The van der Waals surface area contributed by atoms with Crippen LogP contribution in [0.5, 0.6) is 5.75 Å². The molecule has 0 saturated carbocycles. The van der Waals surface area contributed by atoms with E-state index in [0.29, 0.717) is 0 Å². The fourth-order valence-corrected chi connectivity index (χ4v) is 7.86. The van der Waals surface area contributed by atoms with E-state index in [1.54, 1.807) is 6.07 Å². The molecular formula is C47H37N4OPt-. The van der Waals surface area contributed by atoms with Crippen LogP contribution in [0.4, 0.5) is 0 Å². The second-order valence-electron chi connectivity index (χ2n) is 14.6. The van der Waals surface area contributed by atoms with Crippen LogP contribution in [-0.2, 0) is 31.9 Å². The number of rotatable bonds is 5. The van der Waals surface area contributed by atoms with Crippen LogP contribution in [0, 0.1) is 6.07 Å². The first-order valence-corrected chi connectivity index (χ1v) is 17.7. The molecule has 5 nitrogen and oxygen atoms in total. The number of aromatic nitrogens is 4. The fraction of sp³-hybridized carbons (Fsp3) is 0.128. The molecule has 0 atom stereocenters. The van der Waals surface area contributed by atoms with E-state index >= 15 is 0 Å². The molecule has 3 aromatic heterocycles. The summed E-state index contributed by atoms with van der Waals surface area (Å²) in [5.74, 6) is 0.996. The van der Waals surface area contributed by atoms with Crippen molar-refractivity contribution >= 4 is 10.9 Å². The van der Waals surface area contributed by atoms with Gasteiger partial charge in [0.1, 0.15) is 17.3 Å². The summed E-state index contributed by atoms with van der Waals surface area (Å²) in [6.07, 6.45) is 3.95. The van der Waals surface area contributed by atoms with Gasteiger partial charge in [-0.15, -0.1) is 29.7 Å². The molecule has 0 radical (unpaired) electrons. The Hall–Kier alpha value is -5.64. The fourth-order valence-electron chi connectivity index (χ4n) is 7.86. The van der Waals surface area contributed by atoms with E-state index < -0.39 is 0 Å². The minimum atomic E-state index is -0.246. The predicted octanol–water partition coefficient (Wildman–Crippen LogP) is 11.2. The molecule has 53 heavy (non-hydrogen) atoms. The maximum Gasteiger partial charge on any atom is 0.125 e. The topological polar surface area (TPSA) is 63.8 Å². The largest absolute Gasteiger partial charge is 0.507 e. The third-order valence-corrected chi connectivity index (χ3v) is 11.3. The Morgan fingerprint density at radius 3 is 1.96 bits per heavy atom. The molecule has 8 aromatic rings. The molecule has 0 amide bonds. The Morgan fingerprint density at radius 1 is 0.604 bits per heavy atom. The molecule has 5 aromatic carbocycles. The Morgan fingerprint density at radius 2 is 1.26 bits per heavy atom. The monoisotopic (exact) mass is 868 g/mol. The van der Waals surface area contributed by atoms with E-state index in [0.717, 1.165) is 84.0 Å². The van der Waals surface area contributed by atoms with Crippen molar-refractivity contribution in [3.8, 4) is 67.7 Å². The van der Waals surface area contributed by atoms with Crippen molar-refractivity contribution in [2.45, 2.75) is 38.5 Å². The van der Waals surface area contributed by atoms with Crippen molar-refractivity contribution in [1.82, 2.24) is 19.5 Å². The number of phenols is 1. The Bertz CT molecular complexity index is 2580. The average Bonchev–Trinajstić information content (AvgIpc) is 3.62. The Kier molecular flexibility index (Phi) is 8.51. The van der Waals surface area contributed by atoms with Gasteiger partial charge in [0.2, 0.25) is 0 Å². The van der Waals surface area contributed by atoms with Crippen LogP contribution in [0.1, 0.15) is 38.8 Å². The van der Waals surface area contributed by atoms with Crippen LogP contribution >= 0.6 is 0 Å². The molecule has 0 spiro atoms. The van der Waals surface area contributed by atoms with Crippen molar-refractivity contribution in [3.63, 3.8) is 0 Å². The van der Waals surface area contributed by atoms with Crippen molar-refractivity contribution in [1.29, 1.82) is 0 Å². The molecule has 0 saturated heterocycles. The molecule has 1 N–H and O–H groups in total. The Labute approximate surface area is 324 Å². The molecular weight excluding hydrogens is 832 g/mol.